The average molecular weight is 434 g/mol. The van der Waals surface area contributed by atoms with Crippen LogP contribution in [0.1, 0.15) is 33.5 Å². The standard InChI is InChI=1S/C19H19N3O3S3/c1-12-2-7-16-13(10-12)11-17(27-16)18(23)21-14-3-5-15(6-4-14)28(24,25)22-19-20-8-9-26-19/h3-6,8-9,11-12H,2,7,10H2,1H3,(H,20,22)(H,21,23). The van der Waals surface area contributed by atoms with E-state index >= 15 is 0 Å². The molecule has 2 aromatic heterocycles. The molecule has 0 fully saturated rings. The lowest BCUT2D eigenvalue weighted by Crippen LogP contribution is -2.13. The van der Waals surface area contributed by atoms with Gasteiger partial charge in [0.05, 0.1) is 9.77 Å². The molecule has 2 N–H and O–H groups in total. The fourth-order valence-electron chi connectivity index (χ4n) is 3.18. The van der Waals surface area contributed by atoms with E-state index in [-0.39, 0.29) is 10.8 Å². The highest BCUT2D eigenvalue weighted by atomic mass is 32.2. The number of aryl methyl sites for hydroxylation is 1. The van der Waals surface area contributed by atoms with Crippen LogP contribution in [0.4, 0.5) is 10.8 Å². The zero-order valence-electron chi connectivity index (χ0n) is 15.1. The number of hydrogen-bond acceptors (Lipinski definition) is 6. The molecule has 0 bridgehead atoms. The van der Waals surface area contributed by atoms with Crippen LogP contribution in [0.25, 0.3) is 0 Å². The number of hydrogen-bond donors (Lipinski definition) is 2. The summed E-state index contributed by atoms with van der Waals surface area (Å²) >= 11 is 2.76. The van der Waals surface area contributed by atoms with Crippen molar-refractivity contribution >= 4 is 49.4 Å². The Morgan fingerprint density at radius 1 is 1.25 bits per heavy atom. The summed E-state index contributed by atoms with van der Waals surface area (Å²) in [5.41, 5.74) is 1.83. The number of anilines is 2. The number of aromatic nitrogens is 1. The number of fused-ring (bicyclic) bond motifs is 1. The third-order valence-corrected chi connectivity index (χ3v) is 8.04. The number of carbonyl (C=O) groups excluding carboxylic acids is 1. The average Bonchev–Trinajstić information content (AvgIpc) is 3.31. The Labute approximate surface area is 171 Å². The van der Waals surface area contributed by atoms with Crippen LogP contribution in [0.5, 0.6) is 0 Å². The highest BCUT2D eigenvalue weighted by Gasteiger charge is 2.21. The molecule has 9 heteroatoms. The van der Waals surface area contributed by atoms with E-state index in [1.165, 1.54) is 46.5 Å². The van der Waals surface area contributed by atoms with Gasteiger partial charge in [-0.15, -0.1) is 22.7 Å². The molecule has 1 amide bonds. The van der Waals surface area contributed by atoms with Gasteiger partial charge in [0.1, 0.15) is 0 Å². The number of thiophene rings is 1. The number of carbonyl (C=O) groups is 1. The molecule has 1 unspecified atom stereocenters. The fourth-order valence-corrected chi connectivity index (χ4v) is 6.07. The number of benzene rings is 1. The van der Waals surface area contributed by atoms with Gasteiger partial charge in [-0.1, -0.05) is 6.92 Å². The fraction of sp³-hybridized carbons (Fsp3) is 0.263. The van der Waals surface area contributed by atoms with Gasteiger partial charge in [-0.2, -0.15) is 0 Å². The van der Waals surface area contributed by atoms with Gasteiger partial charge in [-0.25, -0.2) is 13.4 Å². The molecule has 1 aromatic carbocycles. The lowest BCUT2D eigenvalue weighted by molar-refractivity contribution is 0.103. The molecule has 1 atom stereocenters. The number of rotatable bonds is 5. The molecule has 146 valence electrons. The molecule has 0 saturated carbocycles. The summed E-state index contributed by atoms with van der Waals surface area (Å²) in [6, 6.07) is 8.09. The minimum Gasteiger partial charge on any atom is -0.321 e. The van der Waals surface area contributed by atoms with E-state index in [4.69, 9.17) is 0 Å². The monoisotopic (exact) mass is 433 g/mol. The minimum atomic E-state index is -3.70. The van der Waals surface area contributed by atoms with Crippen LogP contribution in [0.3, 0.4) is 0 Å². The van der Waals surface area contributed by atoms with Gasteiger partial charge in [0.2, 0.25) is 0 Å². The Morgan fingerprint density at radius 3 is 2.75 bits per heavy atom. The Hall–Kier alpha value is -2.23. The maximum Gasteiger partial charge on any atom is 0.265 e. The molecule has 28 heavy (non-hydrogen) atoms. The highest BCUT2D eigenvalue weighted by molar-refractivity contribution is 7.93. The first kappa shape index (κ1) is 19.1. The van der Waals surface area contributed by atoms with Crippen molar-refractivity contribution in [2.75, 3.05) is 10.0 Å². The largest absolute Gasteiger partial charge is 0.321 e. The summed E-state index contributed by atoms with van der Waals surface area (Å²) in [7, 11) is -3.70. The third kappa shape index (κ3) is 4.11. The smallest absolute Gasteiger partial charge is 0.265 e. The summed E-state index contributed by atoms with van der Waals surface area (Å²) < 4.78 is 27.2. The summed E-state index contributed by atoms with van der Waals surface area (Å²) in [5.74, 6) is 0.495. The van der Waals surface area contributed by atoms with Crippen molar-refractivity contribution in [3.63, 3.8) is 0 Å². The van der Waals surface area contributed by atoms with Gasteiger partial charge in [0.25, 0.3) is 15.9 Å². The highest BCUT2D eigenvalue weighted by Crippen LogP contribution is 2.32. The van der Waals surface area contributed by atoms with E-state index < -0.39 is 10.0 Å². The maximum atomic E-state index is 12.6. The molecule has 3 aromatic rings. The second-order valence-corrected chi connectivity index (χ2v) is 10.5. The minimum absolute atomic E-state index is 0.112. The second-order valence-electron chi connectivity index (χ2n) is 6.83. The molecule has 0 aliphatic heterocycles. The topological polar surface area (TPSA) is 88.2 Å². The van der Waals surface area contributed by atoms with Crippen LogP contribution in [0.2, 0.25) is 0 Å². The number of thiazole rings is 1. The molecule has 0 radical (unpaired) electrons. The Kier molecular flexibility index (Phi) is 5.22. The van der Waals surface area contributed by atoms with E-state index in [1.54, 1.807) is 28.8 Å². The maximum absolute atomic E-state index is 12.6. The molecule has 4 rings (SSSR count). The van der Waals surface area contributed by atoms with Gasteiger partial charge in [-0.05, 0) is 61.1 Å². The number of sulfonamides is 1. The summed E-state index contributed by atoms with van der Waals surface area (Å²) in [5, 5.41) is 4.86. The lowest BCUT2D eigenvalue weighted by atomic mass is 9.90. The van der Waals surface area contributed by atoms with Crippen LogP contribution >= 0.6 is 22.7 Å². The van der Waals surface area contributed by atoms with Gasteiger partial charge < -0.3 is 5.32 Å². The SMILES string of the molecule is CC1CCc2sc(C(=O)Nc3ccc(S(=O)(=O)Nc4nccs4)cc3)cc2C1. The lowest BCUT2D eigenvalue weighted by Gasteiger charge is -2.16. The van der Waals surface area contributed by atoms with Crippen LogP contribution in [-0.2, 0) is 22.9 Å². The Bertz CT molecular complexity index is 1090. The quantitative estimate of drug-likeness (QED) is 0.625. The van der Waals surface area contributed by atoms with Crippen LogP contribution < -0.4 is 10.0 Å². The van der Waals surface area contributed by atoms with E-state index in [0.29, 0.717) is 21.6 Å². The number of nitrogens with one attached hydrogen (secondary N) is 2. The van der Waals surface area contributed by atoms with Crippen LogP contribution in [-0.4, -0.2) is 19.3 Å². The first-order valence-corrected chi connectivity index (χ1v) is 12.0. The van der Waals surface area contributed by atoms with Gasteiger partial charge in [0.15, 0.2) is 5.13 Å². The van der Waals surface area contributed by atoms with E-state index in [2.05, 4.69) is 21.9 Å². The van der Waals surface area contributed by atoms with E-state index in [9.17, 15) is 13.2 Å². The normalized spacial score (nSPS) is 16.4. The van der Waals surface area contributed by atoms with E-state index in [1.807, 2.05) is 6.07 Å². The van der Waals surface area contributed by atoms with Crippen molar-refractivity contribution in [1.29, 1.82) is 0 Å². The van der Waals surface area contributed by atoms with Crippen molar-refractivity contribution in [1.82, 2.24) is 4.98 Å². The van der Waals surface area contributed by atoms with Gasteiger partial charge in [0, 0.05) is 22.1 Å². The van der Waals surface area contributed by atoms with E-state index in [0.717, 1.165) is 12.8 Å². The third-order valence-electron chi connectivity index (χ3n) is 4.63. The van der Waals surface area contributed by atoms with Crippen LogP contribution in [0.15, 0.2) is 46.8 Å². The van der Waals surface area contributed by atoms with Gasteiger partial charge >= 0.3 is 0 Å². The Balaban J connectivity index is 1.45. The Morgan fingerprint density at radius 2 is 2.04 bits per heavy atom. The molecule has 1 aliphatic rings. The number of nitrogens with zero attached hydrogens (tertiary/aromatic N) is 1. The first-order valence-electron chi connectivity index (χ1n) is 8.86. The number of amides is 1. The predicted octanol–water partition coefficient (Wildman–Crippen LogP) is 4.38. The van der Waals surface area contributed by atoms with Crippen LogP contribution in [0, 0.1) is 5.92 Å². The zero-order chi connectivity index (χ0) is 19.7. The molecular weight excluding hydrogens is 414 g/mol. The molecule has 6 nitrogen and oxygen atoms in total. The summed E-state index contributed by atoms with van der Waals surface area (Å²) in [6.45, 7) is 2.24. The summed E-state index contributed by atoms with van der Waals surface area (Å²) in [6.07, 6.45) is 4.76. The van der Waals surface area contributed by atoms with Crippen molar-refractivity contribution in [2.45, 2.75) is 31.1 Å². The van der Waals surface area contributed by atoms with Crippen molar-refractivity contribution in [3.8, 4) is 0 Å². The first-order chi connectivity index (χ1) is 13.4. The molecule has 0 spiro atoms. The summed E-state index contributed by atoms with van der Waals surface area (Å²) in [4.78, 5) is 18.6. The van der Waals surface area contributed by atoms with Gasteiger partial charge in [-0.3, -0.25) is 9.52 Å². The van der Waals surface area contributed by atoms with Crippen molar-refractivity contribution < 1.29 is 13.2 Å². The molecule has 1 aliphatic carbocycles. The second kappa shape index (κ2) is 7.65. The molecular formula is C19H19N3O3S3. The molecule has 2 heterocycles. The van der Waals surface area contributed by atoms with Crippen molar-refractivity contribution in [3.05, 3.63) is 57.2 Å². The zero-order valence-corrected chi connectivity index (χ0v) is 17.6. The predicted molar refractivity (Wildman–Crippen MR) is 113 cm³/mol. The molecule has 0 saturated heterocycles. The van der Waals surface area contributed by atoms with Crippen molar-refractivity contribution in [2.24, 2.45) is 5.92 Å².